The highest BCUT2D eigenvalue weighted by atomic mass is 16.5. The van der Waals surface area contributed by atoms with Crippen LogP contribution in [0.15, 0.2) is 24.3 Å². The summed E-state index contributed by atoms with van der Waals surface area (Å²) in [7, 11) is 0. The summed E-state index contributed by atoms with van der Waals surface area (Å²) < 4.78 is 5.48. The molecule has 1 rings (SSSR count). The topological polar surface area (TPSA) is 35.2 Å². The average Bonchev–Trinajstić information content (AvgIpc) is 2.34. The van der Waals surface area contributed by atoms with Crippen LogP contribution in [0.2, 0.25) is 0 Å². The molecule has 1 aromatic rings. The molecule has 0 aromatic heterocycles. The summed E-state index contributed by atoms with van der Waals surface area (Å²) in [5, 5.41) is 0. The van der Waals surface area contributed by atoms with E-state index in [9.17, 15) is 0 Å². The molecular formula is C14H19NO. The van der Waals surface area contributed by atoms with Crippen LogP contribution in [0.5, 0.6) is 5.75 Å². The monoisotopic (exact) mass is 217 g/mol. The predicted octanol–water partition coefficient (Wildman–Crippen LogP) is 2.56. The molecule has 86 valence electrons. The van der Waals surface area contributed by atoms with Crippen molar-refractivity contribution in [3.63, 3.8) is 0 Å². The van der Waals surface area contributed by atoms with Crippen molar-refractivity contribution in [2.45, 2.75) is 32.7 Å². The summed E-state index contributed by atoms with van der Waals surface area (Å²) in [6, 6.07) is 7.77. The Morgan fingerprint density at radius 1 is 1.25 bits per heavy atom. The number of benzene rings is 1. The molecule has 0 fully saturated rings. The van der Waals surface area contributed by atoms with Gasteiger partial charge in [0.05, 0.1) is 12.6 Å². The number of hydrogen-bond donors (Lipinski definition) is 1. The van der Waals surface area contributed by atoms with Crippen LogP contribution in [0.1, 0.15) is 32.3 Å². The van der Waals surface area contributed by atoms with Gasteiger partial charge in [-0.1, -0.05) is 25.7 Å². The Morgan fingerprint density at radius 3 is 2.50 bits per heavy atom. The fourth-order valence-electron chi connectivity index (χ4n) is 1.13. The third kappa shape index (κ3) is 4.37. The predicted molar refractivity (Wildman–Crippen MR) is 67.4 cm³/mol. The first kappa shape index (κ1) is 12.6. The van der Waals surface area contributed by atoms with Gasteiger partial charge < -0.3 is 10.5 Å². The van der Waals surface area contributed by atoms with Crippen LogP contribution in [0.25, 0.3) is 0 Å². The normalized spacial score (nSPS) is 11.4. The summed E-state index contributed by atoms with van der Waals surface area (Å²) in [6.07, 6.45) is 1.90. The Balaban J connectivity index is 2.59. The minimum atomic E-state index is -0.0315. The fourth-order valence-corrected chi connectivity index (χ4v) is 1.13. The lowest BCUT2D eigenvalue weighted by Crippen LogP contribution is -2.15. The summed E-state index contributed by atoms with van der Waals surface area (Å²) in [5.41, 5.74) is 6.70. The van der Waals surface area contributed by atoms with Gasteiger partial charge in [0, 0.05) is 5.56 Å². The van der Waals surface area contributed by atoms with Gasteiger partial charge in [-0.2, -0.15) is 0 Å². The lowest BCUT2D eigenvalue weighted by Gasteiger charge is -2.03. The van der Waals surface area contributed by atoms with Crippen LogP contribution in [0.4, 0.5) is 0 Å². The van der Waals surface area contributed by atoms with E-state index in [1.165, 1.54) is 0 Å². The van der Waals surface area contributed by atoms with Gasteiger partial charge >= 0.3 is 0 Å². The molecule has 1 unspecified atom stereocenters. The Labute approximate surface area is 97.8 Å². The van der Waals surface area contributed by atoms with E-state index in [4.69, 9.17) is 10.5 Å². The van der Waals surface area contributed by atoms with Crippen LogP contribution in [-0.4, -0.2) is 12.6 Å². The van der Waals surface area contributed by atoms with Crippen LogP contribution >= 0.6 is 0 Å². The third-order valence-electron chi connectivity index (χ3n) is 2.17. The molecule has 0 amide bonds. The Bertz CT molecular complexity index is 359. The van der Waals surface area contributed by atoms with Gasteiger partial charge in [0.1, 0.15) is 5.75 Å². The highest BCUT2D eigenvalue weighted by molar-refractivity contribution is 5.38. The van der Waals surface area contributed by atoms with Crippen molar-refractivity contribution in [3.05, 3.63) is 29.8 Å². The van der Waals surface area contributed by atoms with Crippen molar-refractivity contribution in [1.82, 2.24) is 0 Å². The molecule has 0 saturated heterocycles. The largest absolute Gasteiger partial charge is 0.494 e. The van der Waals surface area contributed by atoms with E-state index < -0.39 is 0 Å². The molecule has 0 aliphatic rings. The molecule has 2 heteroatoms. The van der Waals surface area contributed by atoms with Gasteiger partial charge in [-0.05, 0) is 37.1 Å². The molecule has 0 bridgehead atoms. The number of hydrogen-bond acceptors (Lipinski definition) is 2. The van der Waals surface area contributed by atoms with E-state index in [1.54, 1.807) is 0 Å². The summed E-state index contributed by atoms with van der Waals surface area (Å²) in [4.78, 5) is 0. The minimum absolute atomic E-state index is 0.0315. The first-order chi connectivity index (χ1) is 7.76. The van der Waals surface area contributed by atoms with Gasteiger partial charge in [-0.3, -0.25) is 0 Å². The maximum Gasteiger partial charge on any atom is 0.119 e. The standard InChI is InChI=1S/C14H19NO/c1-3-11-16-14-9-6-12(7-10-14)5-8-13(15)4-2/h6-7,9-10,13H,3-4,11,15H2,1-2H3. The van der Waals surface area contributed by atoms with Crippen molar-refractivity contribution < 1.29 is 4.74 Å². The van der Waals surface area contributed by atoms with E-state index in [0.29, 0.717) is 0 Å². The summed E-state index contributed by atoms with van der Waals surface area (Å²) in [6.45, 7) is 4.87. The molecule has 2 N–H and O–H groups in total. The highest BCUT2D eigenvalue weighted by Crippen LogP contribution is 2.11. The first-order valence-electron chi connectivity index (χ1n) is 5.76. The molecule has 0 saturated carbocycles. The molecular weight excluding hydrogens is 198 g/mol. The van der Waals surface area contributed by atoms with Gasteiger partial charge in [0.2, 0.25) is 0 Å². The van der Waals surface area contributed by atoms with E-state index in [-0.39, 0.29) is 6.04 Å². The van der Waals surface area contributed by atoms with Crippen molar-refractivity contribution in [3.8, 4) is 17.6 Å². The van der Waals surface area contributed by atoms with Gasteiger partial charge in [0.15, 0.2) is 0 Å². The summed E-state index contributed by atoms with van der Waals surface area (Å²) >= 11 is 0. The zero-order valence-electron chi connectivity index (χ0n) is 9.99. The second-order valence-corrected chi connectivity index (χ2v) is 3.66. The minimum Gasteiger partial charge on any atom is -0.494 e. The van der Waals surface area contributed by atoms with Gasteiger partial charge in [-0.15, -0.1) is 0 Å². The van der Waals surface area contributed by atoms with Crippen LogP contribution in [-0.2, 0) is 0 Å². The number of nitrogens with two attached hydrogens (primary N) is 1. The van der Waals surface area contributed by atoms with Crippen LogP contribution < -0.4 is 10.5 Å². The smallest absolute Gasteiger partial charge is 0.119 e. The second-order valence-electron chi connectivity index (χ2n) is 3.66. The highest BCUT2D eigenvalue weighted by Gasteiger charge is 1.93. The maximum atomic E-state index is 5.72. The second kappa shape index (κ2) is 6.92. The van der Waals surface area contributed by atoms with Crippen molar-refractivity contribution in [1.29, 1.82) is 0 Å². The quantitative estimate of drug-likeness (QED) is 0.787. The third-order valence-corrected chi connectivity index (χ3v) is 2.17. The van der Waals surface area contributed by atoms with Gasteiger partial charge in [-0.25, -0.2) is 0 Å². The first-order valence-corrected chi connectivity index (χ1v) is 5.76. The van der Waals surface area contributed by atoms with Crippen LogP contribution in [0, 0.1) is 11.8 Å². The molecule has 0 aliphatic carbocycles. The van der Waals surface area contributed by atoms with E-state index >= 15 is 0 Å². The van der Waals surface area contributed by atoms with Crippen molar-refractivity contribution in [2.24, 2.45) is 5.73 Å². The van der Waals surface area contributed by atoms with Gasteiger partial charge in [0.25, 0.3) is 0 Å². The molecule has 16 heavy (non-hydrogen) atoms. The zero-order valence-corrected chi connectivity index (χ0v) is 9.99. The molecule has 0 spiro atoms. The van der Waals surface area contributed by atoms with E-state index in [2.05, 4.69) is 18.8 Å². The lowest BCUT2D eigenvalue weighted by molar-refractivity contribution is 0.317. The summed E-state index contributed by atoms with van der Waals surface area (Å²) in [5.74, 6) is 6.94. The van der Waals surface area contributed by atoms with E-state index in [1.807, 2.05) is 31.2 Å². The van der Waals surface area contributed by atoms with Crippen molar-refractivity contribution >= 4 is 0 Å². The van der Waals surface area contributed by atoms with E-state index in [0.717, 1.165) is 30.8 Å². The molecule has 1 aromatic carbocycles. The molecule has 0 aliphatic heterocycles. The molecule has 0 heterocycles. The van der Waals surface area contributed by atoms with Crippen molar-refractivity contribution in [2.75, 3.05) is 6.61 Å². The SMILES string of the molecule is CCCOc1ccc(C#CC(N)CC)cc1. The average molecular weight is 217 g/mol. The van der Waals surface area contributed by atoms with Crippen LogP contribution in [0.3, 0.4) is 0 Å². The molecule has 2 nitrogen and oxygen atoms in total. The number of rotatable bonds is 4. The Morgan fingerprint density at radius 2 is 1.94 bits per heavy atom. The zero-order chi connectivity index (χ0) is 11.8. The molecule has 1 atom stereocenters. The Kier molecular flexibility index (Phi) is 5.45. The fraction of sp³-hybridized carbons (Fsp3) is 0.429. The lowest BCUT2D eigenvalue weighted by atomic mass is 10.2. The number of ether oxygens (including phenoxy) is 1. The molecule has 0 radical (unpaired) electrons. The Hall–Kier alpha value is -1.46. The maximum absolute atomic E-state index is 5.72.